The minimum Gasteiger partial charge on any atom is -0.436 e. The lowest BCUT2D eigenvalue weighted by atomic mass is 9.98. The molecule has 2 aromatic rings. The summed E-state index contributed by atoms with van der Waals surface area (Å²) in [7, 11) is 0. The minimum atomic E-state index is 0.302. The summed E-state index contributed by atoms with van der Waals surface area (Å²) in [6.45, 7) is 4.32. The topological polar surface area (TPSA) is 61.0 Å². The molecule has 0 fully saturated rings. The maximum absolute atomic E-state index is 5.76. The highest BCUT2D eigenvalue weighted by atomic mass is 16.5. The molecule has 0 radical (unpaired) electrons. The zero-order valence-corrected chi connectivity index (χ0v) is 10.6. The van der Waals surface area contributed by atoms with E-state index >= 15 is 0 Å². The van der Waals surface area contributed by atoms with Crippen molar-refractivity contribution in [1.82, 2.24) is 9.97 Å². The van der Waals surface area contributed by atoms with Crippen LogP contribution in [0.3, 0.4) is 0 Å². The molecule has 0 aliphatic rings. The highest BCUT2D eigenvalue weighted by Crippen LogP contribution is 2.32. The summed E-state index contributed by atoms with van der Waals surface area (Å²) in [5.41, 5.74) is 6.89. The molecule has 0 amide bonds. The summed E-state index contributed by atoms with van der Waals surface area (Å²) in [4.78, 5) is 8.05. The molecule has 0 saturated heterocycles. The van der Waals surface area contributed by atoms with Gasteiger partial charge in [0.1, 0.15) is 5.75 Å². The van der Waals surface area contributed by atoms with Crippen molar-refractivity contribution in [2.75, 3.05) is 5.73 Å². The summed E-state index contributed by atoms with van der Waals surface area (Å²) in [6, 6.07) is 7.94. The third-order valence-corrected chi connectivity index (χ3v) is 2.96. The van der Waals surface area contributed by atoms with Gasteiger partial charge in [-0.25, -0.2) is 9.97 Å². The van der Waals surface area contributed by atoms with Gasteiger partial charge in [-0.05, 0) is 24.0 Å². The van der Waals surface area contributed by atoms with E-state index in [1.807, 2.05) is 18.2 Å². The Labute approximate surface area is 107 Å². The van der Waals surface area contributed by atoms with Crippen LogP contribution in [0.2, 0.25) is 0 Å². The summed E-state index contributed by atoms with van der Waals surface area (Å²) in [5.74, 6) is 1.88. The molecule has 0 saturated carbocycles. The number of nitrogens with zero attached hydrogens (tertiary/aromatic N) is 2. The molecular weight excluding hydrogens is 226 g/mol. The third kappa shape index (κ3) is 2.59. The maximum atomic E-state index is 5.76. The maximum Gasteiger partial charge on any atom is 0.262 e. The lowest BCUT2D eigenvalue weighted by Gasteiger charge is -2.15. The molecule has 2 N–H and O–H groups in total. The second-order valence-corrected chi connectivity index (χ2v) is 4.20. The van der Waals surface area contributed by atoms with E-state index in [-0.39, 0.29) is 0 Å². The van der Waals surface area contributed by atoms with Crippen molar-refractivity contribution in [3.05, 3.63) is 42.2 Å². The molecule has 1 aromatic carbocycles. The van der Waals surface area contributed by atoms with Gasteiger partial charge >= 0.3 is 0 Å². The van der Waals surface area contributed by atoms with Crippen LogP contribution in [-0.2, 0) is 0 Å². The van der Waals surface area contributed by atoms with Crippen LogP contribution >= 0.6 is 0 Å². The number of ether oxygens (including phenoxy) is 1. The molecule has 4 nitrogen and oxygen atoms in total. The van der Waals surface area contributed by atoms with E-state index in [1.165, 1.54) is 0 Å². The molecule has 0 spiro atoms. The average Bonchev–Trinajstić information content (AvgIpc) is 2.41. The molecule has 0 aliphatic carbocycles. The number of hydrogen-bond acceptors (Lipinski definition) is 4. The lowest BCUT2D eigenvalue weighted by Crippen LogP contribution is -2.00. The van der Waals surface area contributed by atoms with E-state index in [2.05, 4.69) is 29.9 Å². The number of para-hydroxylation sites is 1. The first kappa shape index (κ1) is 12.4. The minimum absolute atomic E-state index is 0.302. The first-order chi connectivity index (χ1) is 8.72. The van der Waals surface area contributed by atoms with Gasteiger partial charge in [0, 0.05) is 12.4 Å². The van der Waals surface area contributed by atoms with E-state index in [9.17, 15) is 0 Å². The Morgan fingerprint density at radius 1 is 1.22 bits per heavy atom. The quantitative estimate of drug-likeness (QED) is 0.894. The van der Waals surface area contributed by atoms with Crippen LogP contribution in [0.4, 0.5) is 5.82 Å². The molecule has 18 heavy (non-hydrogen) atoms. The normalized spacial score (nSPS) is 12.1. The number of nitrogen functional groups attached to an aromatic ring is 1. The van der Waals surface area contributed by atoms with E-state index < -0.39 is 0 Å². The van der Waals surface area contributed by atoms with Gasteiger partial charge in [0.25, 0.3) is 5.88 Å². The summed E-state index contributed by atoms with van der Waals surface area (Å²) < 4.78 is 5.76. The molecule has 94 valence electrons. The van der Waals surface area contributed by atoms with E-state index in [4.69, 9.17) is 10.5 Å². The Hall–Kier alpha value is -2.10. The third-order valence-electron chi connectivity index (χ3n) is 2.96. The second-order valence-electron chi connectivity index (χ2n) is 4.20. The van der Waals surface area contributed by atoms with Gasteiger partial charge in [-0.1, -0.05) is 32.0 Å². The number of aromatic nitrogens is 2. The zero-order valence-electron chi connectivity index (χ0n) is 10.6. The smallest absolute Gasteiger partial charge is 0.262 e. The summed E-state index contributed by atoms with van der Waals surface area (Å²) in [5, 5.41) is 0. The van der Waals surface area contributed by atoms with Gasteiger partial charge in [0.15, 0.2) is 5.82 Å². The van der Waals surface area contributed by atoms with Crippen molar-refractivity contribution in [3.8, 4) is 11.6 Å². The molecule has 4 heteroatoms. The first-order valence-electron chi connectivity index (χ1n) is 6.05. The van der Waals surface area contributed by atoms with Gasteiger partial charge in [-0.3, -0.25) is 0 Å². The fourth-order valence-electron chi connectivity index (χ4n) is 1.72. The molecule has 1 unspecified atom stereocenters. The van der Waals surface area contributed by atoms with Crippen LogP contribution in [0.25, 0.3) is 0 Å². The van der Waals surface area contributed by atoms with Gasteiger partial charge in [-0.15, -0.1) is 0 Å². The monoisotopic (exact) mass is 243 g/mol. The average molecular weight is 243 g/mol. The first-order valence-corrected chi connectivity index (χ1v) is 6.05. The standard InChI is InChI=1S/C14H17N3O/c1-3-10(2)11-6-4-5-7-12(11)18-14-13(15)16-8-9-17-14/h4-10H,3H2,1-2H3,(H2,15,16). The summed E-state index contributed by atoms with van der Waals surface area (Å²) in [6.07, 6.45) is 4.16. The predicted molar refractivity (Wildman–Crippen MR) is 71.7 cm³/mol. The van der Waals surface area contributed by atoms with Gasteiger partial charge in [0.05, 0.1) is 0 Å². The van der Waals surface area contributed by atoms with Crippen LogP contribution in [0, 0.1) is 0 Å². The lowest BCUT2D eigenvalue weighted by molar-refractivity contribution is 0.452. The van der Waals surface area contributed by atoms with Crippen molar-refractivity contribution in [2.45, 2.75) is 26.2 Å². The Morgan fingerprint density at radius 2 is 1.94 bits per heavy atom. The van der Waals surface area contributed by atoms with E-state index in [0.29, 0.717) is 17.6 Å². The van der Waals surface area contributed by atoms with E-state index in [1.54, 1.807) is 12.4 Å². The van der Waals surface area contributed by atoms with Gasteiger partial charge in [-0.2, -0.15) is 0 Å². The van der Waals surface area contributed by atoms with Crippen LogP contribution in [-0.4, -0.2) is 9.97 Å². The molecule has 1 heterocycles. The van der Waals surface area contributed by atoms with Crippen molar-refractivity contribution in [2.24, 2.45) is 0 Å². The van der Waals surface area contributed by atoms with Crippen molar-refractivity contribution < 1.29 is 4.74 Å². The Morgan fingerprint density at radius 3 is 2.67 bits per heavy atom. The van der Waals surface area contributed by atoms with Gasteiger partial charge < -0.3 is 10.5 Å². The van der Waals surface area contributed by atoms with Crippen molar-refractivity contribution in [3.63, 3.8) is 0 Å². The largest absolute Gasteiger partial charge is 0.436 e. The SMILES string of the molecule is CCC(C)c1ccccc1Oc1nccnc1N. The summed E-state index contributed by atoms with van der Waals surface area (Å²) >= 11 is 0. The molecule has 1 aromatic heterocycles. The van der Waals surface area contributed by atoms with Gasteiger partial charge in [0.2, 0.25) is 0 Å². The predicted octanol–water partition coefficient (Wildman–Crippen LogP) is 3.36. The molecule has 1 atom stereocenters. The highest BCUT2D eigenvalue weighted by molar-refractivity contribution is 5.44. The Balaban J connectivity index is 2.32. The Bertz CT molecular complexity index is 528. The fraction of sp³-hybridized carbons (Fsp3) is 0.286. The second kappa shape index (κ2) is 5.49. The number of rotatable bonds is 4. The van der Waals surface area contributed by atoms with Crippen LogP contribution in [0.5, 0.6) is 11.6 Å². The van der Waals surface area contributed by atoms with Crippen LogP contribution < -0.4 is 10.5 Å². The van der Waals surface area contributed by atoms with Crippen molar-refractivity contribution >= 4 is 5.82 Å². The number of nitrogens with two attached hydrogens (primary N) is 1. The van der Waals surface area contributed by atoms with Crippen LogP contribution in [0.1, 0.15) is 31.7 Å². The van der Waals surface area contributed by atoms with Crippen molar-refractivity contribution in [1.29, 1.82) is 0 Å². The zero-order chi connectivity index (χ0) is 13.0. The molecular formula is C14H17N3O. The molecule has 2 rings (SSSR count). The fourth-order valence-corrected chi connectivity index (χ4v) is 1.72. The van der Waals surface area contributed by atoms with E-state index in [0.717, 1.165) is 17.7 Å². The number of hydrogen-bond donors (Lipinski definition) is 1. The molecule has 0 bridgehead atoms. The number of anilines is 1. The highest BCUT2D eigenvalue weighted by Gasteiger charge is 2.12. The number of benzene rings is 1. The molecule has 0 aliphatic heterocycles. The Kier molecular flexibility index (Phi) is 3.77. The van der Waals surface area contributed by atoms with Crippen LogP contribution in [0.15, 0.2) is 36.7 Å².